The molecule has 0 spiro atoms. The average molecular weight is 538 g/mol. The Balaban J connectivity index is 1.54. The maximum Gasteiger partial charge on any atom is 0.343 e. The van der Waals surface area contributed by atoms with Gasteiger partial charge in [-0.1, -0.05) is 71.1 Å². The van der Waals surface area contributed by atoms with Gasteiger partial charge in [-0.05, 0) is 60.5 Å². The second-order valence-electron chi connectivity index (χ2n) is 9.54. The van der Waals surface area contributed by atoms with Gasteiger partial charge in [0.15, 0.2) is 0 Å². The maximum absolute atomic E-state index is 12.2. The van der Waals surface area contributed by atoms with Crippen LogP contribution in [0.5, 0.6) is 11.5 Å². The molecule has 0 aliphatic carbocycles. The lowest BCUT2D eigenvalue weighted by Crippen LogP contribution is -2.34. The van der Waals surface area contributed by atoms with Gasteiger partial charge in [0, 0.05) is 6.42 Å². The van der Waals surface area contributed by atoms with E-state index in [1.165, 1.54) is 57.6 Å². The Morgan fingerprint density at radius 3 is 1.90 bits per heavy atom. The van der Waals surface area contributed by atoms with Crippen molar-refractivity contribution in [1.82, 2.24) is 10.7 Å². The van der Waals surface area contributed by atoms with E-state index in [-0.39, 0.29) is 12.5 Å². The molecule has 0 radical (unpaired) electrons. The largest absolute Gasteiger partial charge is 0.497 e. The molecule has 0 bridgehead atoms. The summed E-state index contributed by atoms with van der Waals surface area (Å²) < 4.78 is 10.4. The summed E-state index contributed by atoms with van der Waals surface area (Å²) in [6, 6.07) is 13.3. The highest BCUT2D eigenvalue weighted by Gasteiger charge is 2.09. The van der Waals surface area contributed by atoms with Crippen molar-refractivity contribution in [1.29, 1.82) is 0 Å². The van der Waals surface area contributed by atoms with Gasteiger partial charge in [-0.25, -0.2) is 10.2 Å². The van der Waals surface area contributed by atoms with Crippen molar-refractivity contribution >= 4 is 24.0 Å². The molecule has 2 aromatic rings. The molecule has 212 valence electrons. The second-order valence-corrected chi connectivity index (χ2v) is 9.54. The van der Waals surface area contributed by atoms with Gasteiger partial charge in [0.2, 0.25) is 5.91 Å². The van der Waals surface area contributed by atoms with E-state index in [1.807, 2.05) is 0 Å². The minimum Gasteiger partial charge on any atom is -0.497 e. The predicted molar refractivity (Wildman–Crippen MR) is 154 cm³/mol. The summed E-state index contributed by atoms with van der Waals surface area (Å²) in [5, 5.41) is 6.54. The Hall–Kier alpha value is -3.68. The van der Waals surface area contributed by atoms with Crippen LogP contribution in [0.15, 0.2) is 53.6 Å². The van der Waals surface area contributed by atoms with Crippen LogP contribution in [0.25, 0.3) is 0 Å². The summed E-state index contributed by atoms with van der Waals surface area (Å²) in [6.07, 6.45) is 15.4. The molecule has 0 aliphatic heterocycles. The first-order valence-corrected chi connectivity index (χ1v) is 14.1. The van der Waals surface area contributed by atoms with Crippen LogP contribution in [0.2, 0.25) is 0 Å². The molecule has 0 saturated heterocycles. The molecular weight excluding hydrogens is 494 g/mol. The first kappa shape index (κ1) is 31.5. The van der Waals surface area contributed by atoms with Crippen molar-refractivity contribution in [3.8, 4) is 11.5 Å². The van der Waals surface area contributed by atoms with Crippen molar-refractivity contribution in [3.63, 3.8) is 0 Å². The zero-order chi connectivity index (χ0) is 28.1. The molecule has 0 saturated carbocycles. The van der Waals surface area contributed by atoms with E-state index in [2.05, 4.69) is 22.8 Å². The maximum atomic E-state index is 12.2. The van der Waals surface area contributed by atoms with Crippen molar-refractivity contribution in [3.05, 3.63) is 59.7 Å². The van der Waals surface area contributed by atoms with Crippen LogP contribution in [0.1, 0.15) is 99.9 Å². The normalized spacial score (nSPS) is 10.8. The minimum absolute atomic E-state index is 0.117. The van der Waals surface area contributed by atoms with Crippen LogP contribution in [0.3, 0.4) is 0 Å². The number of hydrogen-bond acceptors (Lipinski definition) is 6. The van der Waals surface area contributed by atoms with E-state index in [4.69, 9.17) is 9.47 Å². The first-order valence-electron chi connectivity index (χ1n) is 14.1. The fourth-order valence-electron chi connectivity index (χ4n) is 3.95. The molecule has 0 unspecified atom stereocenters. The molecule has 2 aromatic carbocycles. The fraction of sp³-hybridized carbons (Fsp3) is 0.484. The summed E-state index contributed by atoms with van der Waals surface area (Å²) in [5.41, 5.74) is 3.52. The summed E-state index contributed by atoms with van der Waals surface area (Å²) in [5.74, 6) is 0.0482. The third kappa shape index (κ3) is 14.2. The van der Waals surface area contributed by atoms with Gasteiger partial charge in [0.1, 0.15) is 11.5 Å². The van der Waals surface area contributed by atoms with Gasteiger partial charge in [-0.3, -0.25) is 9.59 Å². The van der Waals surface area contributed by atoms with E-state index >= 15 is 0 Å². The smallest absolute Gasteiger partial charge is 0.343 e. The molecule has 2 rings (SSSR count). The molecule has 0 aromatic heterocycles. The lowest BCUT2D eigenvalue weighted by atomic mass is 10.1. The molecule has 0 atom stereocenters. The Morgan fingerprint density at radius 2 is 1.31 bits per heavy atom. The van der Waals surface area contributed by atoms with E-state index in [0.29, 0.717) is 29.0 Å². The van der Waals surface area contributed by atoms with Crippen LogP contribution in [0, 0.1) is 0 Å². The Morgan fingerprint density at radius 1 is 0.744 bits per heavy atom. The third-order valence-electron chi connectivity index (χ3n) is 6.27. The Kier molecular flexibility index (Phi) is 15.7. The fourth-order valence-corrected chi connectivity index (χ4v) is 3.95. The van der Waals surface area contributed by atoms with Gasteiger partial charge < -0.3 is 14.8 Å². The number of hydrazone groups is 1. The SMILES string of the molecule is CCCCCCCCCCCCCC(=O)NCC(=O)N/N=C\c1ccc(OC(=O)c2ccc(OC)cc2)cc1. The number of nitrogens with zero attached hydrogens (tertiary/aromatic N) is 1. The van der Waals surface area contributed by atoms with Gasteiger partial charge in [0.25, 0.3) is 5.91 Å². The predicted octanol–water partition coefficient (Wildman–Crippen LogP) is 6.18. The molecule has 0 aliphatic rings. The molecule has 8 nitrogen and oxygen atoms in total. The molecule has 2 N–H and O–H groups in total. The number of hydrogen-bond donors (Lipinski definition) is 2. The zero-order valence-corrected chi connectivity index (χ0v) is 23.4. The molecule has 0 heterocycles. The Bertz CT molecular complexity index is 1020. The van der Waals surface area contributed by atoms with Crippen molar-refractivity contribution in [2.24, 2.45) is 5.10 Å². The van der Waals surface area contributed by atoms with E-state index in [1.54, 1.807) is 55.6 Å². The number of carbonyl (C=O) groups is 3. The van der Waals surface area contributed by atoms with E-state index < -0.39 is 11.9 Å². The van der Waals surface area contributed by atoms with Gasteiger partial charge in [0.05, 0.1) is 25.4 Å². The highest BCUT2D eigenvalue weighted by atomic mass is 16.5. The summed E-state index contributed by atoms with van der Waals surface area (Å²) >= 11 is 0. The number of carbonyl (C=O) groups excluding carboxylic acids is 3. The number of nitrogens with one attached hydrogen (secondary N) is 2. The van der Waals surface area contributed by atoms with Crippen LogP contribution in [0.4, 0.5) is 0 Å². The Labute approximate surface area is 232 Å². The van der Waals surface area contributed by atoms with Crippen molar-refractivity contribution < 1.29 is 23.9 Å². The number of ether oxygens (including phenoxy) is 2. The quantitative estimate of drug-likeness (QED) is 0.0732. The lowest BCUT2D eigenvalue weighted by molar-refractivity contribution is -0.126. The number of methoxy groups -OCH3 is 1. The topological polar surface area (TPSA) is 106 Å². The summed E-state index contributed by atoms with van der Waals surface area (Å²) in [6.45, 7) is 2.12. The molecule has 2 amide bonds. The standard InChI is InChI=1S/C31H43N3O5/c1-3-4-5-6-7-8-9-10-11-12-13-14-29(35)32-24-30(36)34-33-23-25-15-19-28(20-16-25)39-31(37)26-17-21-27(38-2)22-18-26/h15-23H,3-14,24H2,1-2H3,(H,32,35)(H,34,36)/b33-23-. The molecule has 39 heavy (non-hydrogen) atoms. The lowest BCUT2D eigenvalue weighted by Gasteiger charge is -2.06. The van der Waals surface area contributed by atoms with Gasteiger partial charge in [-0.2, -0.15) is 5.10 Å². The van der Waals surface area contributed by atoms with Crippen LogP contribution in [-0.2, 0) is 9.59 Å². The molecule has 0 fully saturated rings. The van der Waals surface area contributed by atoms with Crippen molar-refractivity contribution in [2.45, 2.75) is 84.0 Å². The second kappa shape index (κ2) is 19.4. The van der Waals surface area contributed by atoms with Gasteiger partial charge >= 0.3 is 5.97 Å². The van der Waals surface area contributed by atoms with E-state index in [0.717, 1.165) is 19.3 Å². The van der Waals surface area contributed by atoms with Crippen LogP contribution < -0.4 is 20.2 Å². The average Bonchev–Trinajstić information content (AvgIpc) is 2.95. The first-order chi connectivity index (χ1) is 19.0. The number of benzene rings is 2. The number of amides is 2. The summed E-state index contributed by atoms with van der Waals surface area (Å²) in [7, 11) is 1.56. The number of esters is 1. The minimum atomic E-state index is -0.475. The van der Waals surface area contributed by atoms with Crippen LogP contribution >= 0.6 is 0 Å². The number of rotatable bonds is 19. The zero-order valence-electron chi connectivity index (χ0n) is 23.4. The van der Waals surface area contributed by atoms with Crippen LogP contribution in [-0.4, -0.2) is 37.7 Å². The summed E-state index contributed by atoms with van der Waals surface area (Å²) in [4.78, 5) is 36.1. The highest BCUT2D eigenvalue weighted by molar-refractivity contribution is 5.91. The molecule has 8 heteroatoms. The van der Waals surface area contributed by atoms with Gasteiger partial charge in [-0.15, -0.1) is 0 Å². The van der Waals surface area contributed by atoms with Crippen molar-refractivity contribution in [2.75, 3.05) is 13.7 Å². The highest BCUT2D eigenvalue weighted by Crippen LogP contribution is 2.16. The number of unbranched alkanes of at least 4 members (excludes halogenated alkanes) is 10. The third-order valence-corrected chi connectivity index (χ3v) is 6.27. The van der Waals surface area contributed by atoms with E-state index in [9.17, 15) is 14.4 Å². The molecular formula is C31H43N3O5. The monoisotopic (exact) mass is 537 g/mol.